The Bertz CT molecular complexity index is 2840. The second-order valence-corrected chi connectivity index (χ2v) is 12.9. The number of nitro groups is 2. The molecule has 0 bridgehead atoms. The zero-order valence-electron chi connectivity index (χ0n) is 31.5. The van der Waals surface area contributed by atoms with Crippen molar-refractivity contribution in [2.75, 3.05) is 5.32 Å². The summed E-state index contributed by atoms with van der Waals surface area (Å²) in [5.74, 6) is -2.16. The van der Waals surface area contributed by atoms with Crippen LogP contribution < -0.4 is 80.2 Å². The van der Waals surface area contributed by atoms with Crippen LogP contribution in [0.2, 0.25) is 0 Å². The number of non-ortho nitro benzene ring substituents is 2. The van der Waals surface area contributed by atoms with E-state index in [0.29, 0.717) is 11.4 Å². The fourth-order valence-electron chi connectivity index (χ4n) is 4.98. The summed E-state index contributed by atoms with van der Waals surface area (Å²) in [6.45, 7) is 4.97. The van der Waals surface area contributed by atoms with Gasteiger partial charge in [0.05, 0.1) is 33.0 Å². The largest absolute Gasteiger partial charge is 1.00 e. The summed E-state index contributed by atoms with van der Waals surface area (Å²) in [5.41, 5.74) is -0.848. The predicted octanol–water partition coefficient (Wildman–Crippen LogP) is -1.10. The normalized spacial score (nSPS) is 10.8. The van der Waals surface area contributed by atoms with E-state index < -0.39 is 64.9 Å². The molecule has 6 rings (SSSR count). The Morgan fingerprint density at radius 1 is 0.917 bits per heavy atom. The maximum Gasteiger partial charge on any atom is 1.00 e. The number of aromatic nitrogens is 2. The molecule has 1 amide bonds. The van der Waals surface area contributed by atoms with Crippen LogP contribution in [0, 0.1) is 27.2 Å². The van der Waals surface area contributed by atoms with E-state index in [-0.39, 0.29) is 116 Å². The number of para-hydroxylation sites is 1. The zero-order chi connectivity index (χ0) is 41.6. The third-order valence-electron chi connectivity index (χ3n) is 7.73. The maximum atomic E-state index is 12.5. The number of carbonyl (C=O) groups excluding carboxylic acids is 1. The van der Waals surface area contributed by atoms with Crippen LogP contribution in [-0.2, 0) is 32.3 Å². The van der Waals surface area contributed by atoms with E-state index in [2.05, 4.69) is 37.5 Å². The average Bonchev–Trinajstić information content (AvgIpc) is 3.46. The van der Waals surface area contributed by atoms with Gasteiger partial charge in [-0.3, -0.25) is 39.5 Å². The molecule has 0 fully saturated rings. The number of aromatic hydroxyl groups is 2. The summed E-state index contributed by atoms with van der Waals surface area (Å²) < 4.78 is 34.7. The fraction of sp³-hybridized carbons (Fsp3) is 0.0286. The molecule has 0 atom stereocenters. The van der Waals surface area contributed by atoms with Crippen LogP contribution in [0.4, 0.5) is 39.8 Å². The summed E-state index contributed by atoms with van der Waals surface area (Å²) in [6, 6.07) is 20.2. The van der Waals surface area contributed by atoms with Gasteiger partial charge in [-0.1, -0.05) is 47.8 Å². The molecule has 1 heterocycles. The number of aryl methyl sites for hydroxylation is 1. The molecule has 0 spiro atoms. The Kier molecular flexibility index (Phi) is 18.2. The number of rotatable bonds is 10. The van der Waals surface area contributed by atoms with Crippen molar-refractivity contribution < 1.29 is 125 Å². The number of hydrogen-bond donors (Lipinski definition) is 6. The van der Waals surface area contributed by atoms with E-state index in [9.17, 15) is 58.1 Å². The van der Waals surface area contributed by atoms with Crippen molar-refractivity contribution in [2.45, 2.75) is 11.8 Å². The molecule has 5 aromatic carbocycles. The van der Waals surface area contributed by atoms with Crippen LogP contribution in [0.15, 0.2) is 129 Å². The predicted molar refractivity (Wildman–Crippen MR) is 200 cm³/mol. The second kappa shape index (κ2) is 21.6. The maximum absolute atomic E-state index is 12.5. The molecular weight excluding hydrogens is 868 g/mol. The number of aromatic amines is 1. The first-order chi connectivity index (χ1) is 27.0. The third kappa shape index (κ3) is 12.0. The molecule has 0 aliphatic rings. The van der Waals surface area contributed by atoms with Gasteiger partial charge in [-0.2, -0.15) is 13.5 Å². The topological polar surface area (TPSA) is 322 Å². The number of nitrogens with zero attached hydrogens (tertiary/aromatic N) is 6. The monoisotopic (exact) mass is 895 g/mol. The number of phenolic OH excluding ortho intramolecular Hbond substituents is 2. The number of amides is 1. The van der Waals surface area contributed by atoms with Crippen LogP contribution in [-0.4, -0.2) is 48.7 Å². The first-order valence-electron chi connectivity index (χ1n) is 15.9. The molecule has 25 heteroatoms. The van der Waals surface area contributed by atoms with Gasteiger partial charge in [-0.15, -0.1) is 5.11 Å². The van der Waals surface area contributed by atoms with Crippen LogP contribution in [0.3, 0.4) is 0 Å². The molecule has 6 N–H and O–H groups in total. The van der Waals surface area contributed by atoms with Crippen molar-refractivity contribution in [3.63, 3.8) is 0 Å². The summed E-state index contributed by atoms with van der Waals surface area (Å²) in [5, 5.41) is 73.2. The van der Waals surface area contributed by atoms with Crippen LogP contribution in [0.25, 0.3) is 16.5 Å². The summed E-state index contributed by atoms with van der Waals surface area (Å²) in [6.07, 6.45) is 1.03. The van der Waals surface area contributed by atoms with Gasteiger partial charge in [0.2, 0.25) is 5.91 Å². The number of benzene rings is 5. The SMILES string of the molecule is C=CC(=O)Nc1ccc2cc(S(=O)(=O)O)c([NH+]=Nc3cc([N+](=O)[O-])ccc3O)c(O)c2c1.Cc1[nH]n(-c2ccccc2)c(=O)c1N=Nc1cc([N+](=O)[O-])ccc1[O-].[Cr].[Na+].[Na+]. The van der Waals surface area contributed by atoms with E-state index in [1.54, 1.807) is 31.2 Å². The molecule has 296 valence electrons. The number of carbonyl (C=O) groups is 1. The van der Waals surface area contributed by atoms with Crippen LogP contribution >= 0.6 is 0 Å². The number of anilines is 1. The van der Waals surface area contributed by atoms with Gasteiger partial charge in [-0.25, -0.2) is 4.68 Å². The van der Waals surface area contributed by atoms with Crippen molar-refractivity contribution in [2.24, 2.45) is 15.3 Å². The minimum absolute atomic E-state index is 0. The third-order valence-corrected chi connectivity index (χ3v) is 8.61. The molecule has 0 aliphatic heterocycles. The molecule has 21 nitrogen and oxygen atoms in total. The molecule has 0 saturated carbocycles. The van der Waals surface area contributed by atoms with Crippen molar-refractivity contribution in [1.82, 2.24) is 9.78 Å². The van der Waals surface area contributed by atoms with Crippen LogP contribution in [0.1, 0.15) is 5.69 Å². The zero-order valence-corrected chi connectivity index (χ0v) is 37.6. The van der Waals surface area contributed by atoms with E-state index in [4.69, 9.17) is 0 Å². The molecule has 60 heavy (non-hydrogen) atoms. The smallest absolute Gasteiger partial charge is 0.871 e. The number of azo groups is 2. The van der Waals surface area contributed by atoms with E-state index in [1.165, 1.54) is 22.9 Å². The van der Waals surface area contributed by atoms with Gasteiger partial charge < -0.3 is 20.6 Å². The Morgan fingerprint density at radius 3 is 2.13 bits per heavy atom. The Morgan fingerprint density at radius 2 is 1.53 bits per heavy atom. The first kappa shape index (κ1) is 50.6. The second-order valence-electron chi connectivity index (χ2n) is 11.5. The number of nitro benzene ring substituents is 2. The summed E-state index contributed by atoms with van der Waals surface area (Å²) >= 11 is 0. The molecular formula is C35H27CrN9Na2O12S+2. The Hall–Kier alpha value is -5.58. The van der Waals surface area contributed by atoms with Gasteiger partial charge in [-0.05, 0) is 54.8 Å². The summed E-state index contributed by atoms with van der Waals surface area (Å²) in [4.78, 5) is 43.6. The van der Waals surface area contributed by atoms with Crippen molar-refractivity contribution >= 4 is 66.6 Å². The first-order valence-corrected chi connectivity index (χ1v) is 17.3. The Balaban J connectivity index is 0.000000404. The number of H-pyrrole nitrogens is 1. The molecule has 0 unspecified atom stereocenters. The number of fused-ring (bicyclic) bond motifs is 1. The number of nitrogens with one attached hydrogen (secondary N) is 3. The van der Waals surface area contributed by atoms with Gasteiger partial charge in [0, 0.05) is 51.7 Å². The molecule has 0 saturated heterocycles. The Labute approximate surface area is 393 Å². The average molecular weight is 896 g/mol. The molecule has 6 aromatic rings. The van der Waals surface area contributed by atoms with Gasteiger partial charge in [0.15, 0.2) is 22.0 Å². The van der Waals surface area contributed by atoms with Gasteiger partial charge >= 0.3 is 69.2 Å². The van der Waals surface area contributed by atoms with Crippen molar-refractivity contribution in [3.05, 3.63) is 140 Å². The standard InChI is InChI=1S/C19H14N4O8S.C16H13N5O4.Cr.2Na/c1-2-17(25)20-11-4-3-10-7-16(32(29,30)31)18(19(26)13(10)8-11)22-21-14-9-12(23(27)28)5-6-15(14)24;1-10-15(16(23)20(19-10)11-5-3-2-4-6-11)18-17-13-9-12(21(24)25)7-8-14(13)22;;;/h2-9,24,26H,1H2,(H,20,25)(H,29,30,31);2-9,19,22H,1H3;;;/q;;;2*+1. The van der Waals surface area contributed by atoms with Gasteiger partial charge in [0.25, 0.3) is 22.6 Å². The minimum atomic E-state index is -4.85. The van der Waals surface area contributed by atoms with E-state index >= 15 is 0 Å². The number of hydrogen-bond acceptors (Lipinski definition) is 14. The van der Waals surface area contributed by atoms with E-state index in [0.717, 1.165) is 48.5 Å². The minimum Gasteiger partial charge on any atom is -0.871 e. The fourth-order valence-corrected chi connectivity index (χ4v) is 5.66. The van der Waals surface area contributed by atoms with Crippen molar-refractivity contribution in [1.29, 1.82) is 0 Å². The number of phenols is 2. The van der Waals surface area contributed by atoms with E-state index in [1.807, 2.05) is 6.07 Å². The van der Waals surface area contributed by atoms with Crippen LogP contribution in [0.5, 0.6) is 17.2 Å². The van der Waals surface area contributed by atoms with Gasteiger partial charge in [0.1, 0.15) is 5.75 Å². The quantitative estimate of drug-likeness (QED) is 0.0182. The summed E-state index contributed by atoms with van der Waals surface area (Å²) in [7, 11) is -4.85. The molecule has 1 aromatic heterocycles. The molecule has 0 radical (unpaired) electrons. The molecule has 0 aliphatic carbocycles. The van der Waals surface area contributed by atoms with Crippen molar-refractivity contribution in [3.8, 4) is 22.9 Å².